The van der Waals surface area contributed by atoms with Crippen molar-refractivity contribution in [3.05, 3.63) is 35.4 Å². The van der Waals surface area contributed by atoms with Crippen molar-refractivity contribution in [2.75, 3.05) is 0 Å². The second-order valence-electron chi connectivity index (χ2n) is 2.43. The molecule has 0 aliphatic rings. The molecule has 1 N–H and O–H groups in total. The molecule has 0 spiro atoms. The lowest BCUT2D eigenvalue weighted by molar-refractivity contribution is 0.112. The predicted octanol–water partition coefficient (Wildman–Crippen LogP) is 2.24. The molecule has 0 radical (unpaired) electrons. The first kappa shape index (κ1) is 8.53. The van der Waals surface area contributed by atoms with Gasteiger partial charge in [0.25, 0.3) is 0 Å². The number of hydrogen-bond acceptors (Lipinski definition) is 2. The van der Waals surface area contributed by atoms with Gasteiger partial charge >= 0.3 is 0 Å². The summed E-state index contributed by atoms with van der Waals surface area (Å²) in [7, 11) is 0. The standard InChI is InChI=1S/C10H10O2/c1-2-3-8-4-5-10(12)6-9(8)7-11/h2-7,12H,1H3/b3-2+. The Kier molecular flexibility index (Phi) is 2.64. The topological polar surface area (TPSA) is 37.3 Å². The Morgan fingerprint density at radius 2 is 2.08 bits per heavy atom. The largest absolute Gasteiger partial charge is 0.508 e. The van der Waals surface area contributed by atoms with E-state index in [9.17, 15) is 4.79 Å². The van der Waals surface area contributed by atoms with Crippen molar-refractivity contribution in [1.29, 1.82) is 0 Å². The van der Waals surface area contributed by atoms with E-state index in [1.807, 2.05) is 19.1 Å². The van der Waals surface area contributed by atoms with E-state index < -0.39 is 0 Å². The maximum absolute atomic E-state index is 10.5. The van der Waals surface area contributed by atoms with Crippen molar-refractivity contribution < 1.29 is 9.90 Å². The van der Waals surface area contributed by atoms with E-state index in [0.29, 0.717) is 5.56 Å². The van der Waals surface area contributed by atoms with Crippen LogP contribution in [0.5, 0.6) is 5.75 Å². The van der Waals surface area contributed by atoms with Gasteiger partial charge in [-0.05, 0) is 24.6 Å². The van der Waals surface area contributed by atoms with Gasteiger partial charge in [-0.2, -0.15) is 0 Å². The summed E-state index contributed by atoms with van der Waals surface area (Å²) in [5, 5.41) is 9.05. The van der Waals surface area contributed by atoms with Gasteiger partial charge in [0.05, 0.1) is 0 Å². The minimum absolute atomic E-state index is 0.116. The Morgan fingerprint density at radius 3 is 2.67 bits per heavy atom. The first-order valence-corrected chi connectivity index (χ1v) is 3.69. The highest BCUT2D eigenvalue weighted by Crippen LogP contribution is 2.15. The van der Waals surface area contributed by atoms with E-state index in [4.69, 9.17) is 5.11 Å². The Morgan fingerprint density at radius 1 is 1.33 bits per heavy atom. The summed E-state index contributed by atoms with van der Waals surface area (Å²) >= 11 is 0. The number of carbonyl (C=O) groups is 1. The van der Waals surface area contributed by atoms with Crippen LogP contribution in [0.2, 0.25) is 0 Å². The summed E-state index contributed by atoms with van der Waals surface area (Å²) in [6, 6.07) is 4.71. The van der Waals surface area contributed by atoms with Gasteiger partial charge in [-0.25, -0.2) is 0 Å². The van der Waals surface area contributed by atoms with Crippen LogP contribution in [-0.4, -0.2) is 11.4 Å². The first-order valence-electron chi connectivity index (χ1n) is 3.69. The fourth-order valence-electron chi connectivity index (χ4n) is 0.996. The molecule has 0 bridgehead atoms. The van der Waals surface area contributed by atoms with E-state index in [-0.39, 0.29) is 5.75 Å². The Balaban J connectivity index is 3.19. The number of aromatic hydroxyl groups is 1. The maximum Gasteiger partial charge on any atom is 0.150 e. The minimum Gasteiger partial charge on any atom is -0.508 e. The molecule has 62 valence electrons. The van der Waals surface area contributed by atoms with Crippen LogP contribution >= 0.6 is 0 Å². The number of rotatable bonds is 2. The molecule has 0 saturated heterocycles. The van der Waals surface area contributed by atoms with Crippen molar-refractivity contribution in [3.63, 3.8) is 0 Å². The molecule has 0 aromatic heterocycles. The lowest BCUT2D eigenvalue weighted by atomic mass is 10.1. The van der Waals surface area contributed by atoms with Crippen molar-refractivity contribution in [3.8, 4) is 5.75 Å². The first-order chi connectivity index (χ1) is 5.77. The van der Waals surface area contributed by atoms with Crippen LogP contribution < -0.4 is 0 Å². The summed E-state index contributed by atoms with van der Waals surface area (Å²) < 4.78 is 0. The summed E-state index contributed by atoms with van der Waals surface area (Å²) in [4.78, 5) is 10.5. The third-order valence-corrected chi connectivity index (χ3v) is 1.54. The molecule has 0 amide bonds. The van der Waals surface area contributed by atoms with Crippen LogP contribution in [0.15, 0.2) is 24.3 Å². The molecule has 0 fully saturated rings. The molecule has 2 nitrogen and oxygen atoms in total. The van der Waals surface area contributed by atoms with Crippen LogP contribution in [0.4, 0.5) is 0 Å². The number of aldehydes is 1. The van der Waals surface area contributed by atoms with Crippen molar-refractivity contribution in [1.82, 2.24) is 0 Å². The monoisotopic (exact) mass is 162 g/mol. The summed E-state index contributed by atoms with van der Waals surface area (Å²) in [5.74, 6) is 0.116. The second-order valence-corrected chi connectivity index (χ2v) is 2.43. The zero-order valence-electron chi connectivity index (χ0n) is 6.82. The van der Waals surface area contributed by atoms with Crippen molar-refractivity contribution in [2.24, 2.45) is 0 Å². The molecule has 0 aliphatic heterocycles. The zero-order chi connectivity index (χ0) is 8.97. The van der Waals surface area contributed by atoms with E-state index in [1.165, 1.54) is 6.07 Å². The van der Waals surface area contributed by atoms with E-state index >= 15 is 0 Å². The molecule has 1 aromatic carbocycles. The van der Waals surface area contributed by atoms with Crippen molar-refractivity contribution >= 4 is 12.4 Å². The second kappa shape index (κ2) is 3.72. The molecule has 0 unspecified atom stereocenters. The number of phenols is 1. The molecule has 1 rings (SSSR count). The molecule has 0 atom stereocenters. The molecule has 0 aliphatic carbocycles. The highest BCUT2D eigenvalue weighted by atomic mass is 16.3. The molecule has 0 heterocycles. The van der Waals surface area contributed by atoms with Crippen LogP contribution in [0.1, 0.15) is 22.8 Å². The highest BCUT2D eigenvalue weighted by Gasteiger charge is 1.98. The average Bonchev–Trinajstić information content (AvgIpc) is 2.08. The molecule has 1 aromatic rings. The lowest BCUT2D eigenvalue weighted by Gasteiger charge is -1.98. The van der Waals surface area contributed by atoms with Crippen LogP contribution in [0, 0.1) is 0 Å². The van der Waals surface area contributed by atoms with E-state index in [2.05, 4.69) is 0 Å². The van der Waals surface area contributed by atoms with Gasteiger partial charge in [0.15, 0.2) is 6.29 Å². The van der Waals surface area contributed by atoms with Crippen LogP contribution in [0.3, 0.4) is 0 Å². The third kappa shape index (κ3) is 1.72. The van der Waals surface area contributed by atoms with Crippen LogP contribution in [0.25, 0.3) is 6.08 Å². The number of phenolic OH excluding ortho intramolecular Hbond substituents is 1. The fourth-order valence-corrected chi connectivity index (χ4v) is 0.996. The van der Waals surface area contributed by atoms with E-state index in [0.717, 1.165) is 11.8 Å². The van der Waals surface area contributed by atoms with Gasteiger partial charge in [0, 0.05) is 5.56 Å². The Hall–Kier alpha value is -1.57. The van der Waals surface area contributed by atoms with Gasteiger partial charge in [-0.15, -0.1) is 0 Å². The third-order valence-electron chi connectivity index (χ3n) is 1.54. The van der Waals surface area contributed by atoms with Gasteiger partial charge in [0.1, 0.15) is 5.75 Å². The number of hydrogen-bond donors (Lipinski definition) is 1. The molecule has 12 heavy (non-hydrogen) atoms. The SMILES string of the molecule is C/C=C/c1ccc(O)cc1C=O. The van der Waals surface area contributed by atoms with Gasteiger partial charge in [0.2, 0.25) is 0 Å². The summed E-state index contributed by atoms with van der Waals surface area (Å²) in [5.41, 5.74) is 1.33. The van der Waals surface area contributed by atoms with E-state index in [1.54, 1.807) is 12.1 Å². The van der Waals surface area contributed by atoms with Gasteiger partial charge in [-0.1, -0.05) is 18.2 Å². The van der Waals surface area contributed by atoms with Gasteiger partial charge < -0.3 is 5.11 Å². The number of carbonyl (C=O) groups excluding carboxylic acids is 1. The van der Waals surface area contributed by atoms with Crippen LogP contribution in [-0.2, 0) is 0 Å². The summed E-state index contributed by atoms with van der Waals surface area (Å²) in [6.45, 7) is 1.88. The number of benzene rings is 1. The Labute approximate surface area is 71.2 Å². The molecular formula is C10H10O2. The fraction of sp³-hybridized carbons (Fsp3) is 0.100. The van der Waals surface area contributed by atoms with Gasteiger partial charge in [-0.3, -0.25) is 4.79 Å². The normalized spacial score (nSPS) is 10.4. The molecule has 0 saturated carbocycles. The quantitative estimate of drug-likeness (QED) is 0.677. The highest BCUT2D eigenvalue weighted by molar-refractivity contribution is 5.82. The zero-order valence-corrected chi connectivity index (χ0v) is 6.82. The number of allylic oxidation sites excluding steroid dienone is 1. The van der Waals surface area contributed by atoms with Crippen molar-refractivity contribution in [2.45, 2.75) is 6.92 Å². The smallest absolute Gasteiger partial charge is 0.150 e. The predicted molar refractivity (Wildman–Crippen MR) is 48.2 cm³/mol. The average molecular weight is 162 g/mol. The maximum atomic E-state index is 10.5. The molecular weight excluding hydrogens is 152 g/mol. The Bertz CT molecular complexity index is 314. The molecule has 2 heteroatoms. The minimum atomic E-state index is 0.116. The lowest BCUT2D eigenvalue weighted by Crippen LogP contribution is -1.84. The summed E-state index contributed by atoms with van der Waals surface area (Å²) in [6.07, 6.45) is 4.40.